The lowest BCUT2D eigenvalue weighted by molar-refractivity contribution is -0.116. The molecule has 0 spiro atoms. The second kappa shape index (κ2) is 8.45. The Labute approximate surface area is 165 Å². The van der Waals surface area contributed by atoms with E-state index in [-0.39, 0.29) is 24.9 Å². The van der Waals surface area contributed by atoms with E-state index in [1.54, 1.807) is 13.0 Å². The van der Waals surface area contributed by atoms with Crippen LogP contribution in [0.25, 0.3) is 10.4 Å². The van der Waals surface area contributed by atoms with Gasteiger partial charge in [-0.1, -0.05) is 30.3 Å². The molecule has 3 rings (SSSR count). The molecule has 0 aliphatic heterocycles. The van der Waals surface area contributed by atoms with Crippen molar-refractivity contribution in [3.05, 3.63) is 53.6 Å². The number of rotatable bonds is 6. The summed E-state index contributed by atoms with van der Waals surface area (Å²) in [5.41, 5.74) is 2.04. The first-order valence-corrected chi connectivity index (χ1v) is 9.30. The van der Waals surface area contributed by atoms with Crippen LogP contribution in [0, 0.1) is 18.3 Å². The lowest BCUT2D eigenvalue weighted by Gasteiger charge is -2.07. The quantitative estimate of drug-likeness (QED) is 0.643. The summed E-state index contributed by atoms with van der Waals surface area (Å²) in [5.74, 6) is -0.889. The van der Waals surface area contributed by atoms with Crippen LogP contribution in [0.2, 0.25) is 0 Å². The molecule has 8 nitrogen and oxygen atoms in total. The van der Waals surface area contributed by atoms with Crippen molar-refractivity contribution in [2.75, 3.05) is 11.9 Å². The molecule has 0 fully saturated rings. The molecule has 0 unspecified atom stereocenters. The van der Waals surface area contributed by atoms with E-state index >= 15 is 0 Å². The number of benzene rings is 1. The number of thiophene rings is 1. The topological polar surface area (TPSA) is 110 Å². The predicted octanol–water partition coefficient (Wildman–Crippen LogP) is 3.00. The molecule has 2 aromatic heterocycles. The van der Waals surface area contributed by atoms with Gasteiger partial charge in [-0.25, -0.2) is 14.5 Å². The highest BCUT2D eigenvalue weighted by atomic mass is 32.1. The summed E-state index contributed by atoms with van der Waals surface area (Å²) in [4.78, 5) is 29.6. The molecule has 142 valence electrons. The van der Waals surface area contributed by atoms with Crippen LogP contribution in [0.15, 0.2) is 36.7 Å². The molecule has 28 heavy (non-hydrogen) atoms. The van der Waals surface area contributed by atoms with Gasteiger partial charge in [-0.3, -0.25) is 4.79 Å². The van der Waals surface area contributed by atoms with Crippen molar-refractivity contribution in [1.82, 2.24) is 14.8 Å². The Morgan fingerprint density at radius 3 is 2.71 bits per heavy atom. The average Bonchev–Trinajstić information content (AvgIpc) is 3.26. The summed E-state index contributed by atoms with van der Waals surface area (Å²) in [5, 5.41) is 15.8. The number of anilines is 1. The zero-order valence-electron chi connectivity index (χ0n) is 15.3. The van der Waals surface area contributed by atoms with E-state index in [0.717, 1.165) is 16.0 Å². The smallest absolute Gasteiger partial charge is 0.341 e. The summed E-state index contributed by atoms with van der Waals surface area (Å²) in [6.07, 6.45) is 1.31. The minimum absolute atomic E-state index is 0.0154. The van der Waals surface area contributed by atoms with Gasteiger partial charge in [0.25, 0.3) is 5.82 Å². The van der Waals surface area contributed by atoms with Crippen molar-refractivity contribution < 1.29 is 14.3 Å². The zero-order valence-corrected chi connectivity index (χ0v) is 16.1. The number of carbonyl (C=O) groups is 2. The van der Waals surface area contributed by atoms with Crippen molar-refractivity contribution in [2.24, 2.45) is 0 Å². The van der Waals surface area contributed by atoms with Gasteiger partial charge in [0.2, 0.25) is 5.91 Å². The standard InChI is InChI=1S/C19H17N5O3S/c1-3-27-19(26)16-12(2)17(13-7-5-4-6-8-13)28-18(16)22-15(25)10-24-11-21-14(9-20)23-24/h4-8,11H,3,10H2,1-2H3,(H,22,25). The van der Waals surface area contributed by atoms with Gasteiger partial charge in [0.15, 0.2) is 0 Å². The van der Waals surface area contributed by atoms with E-state index in [9.17, 15) is 9.59 Å². The van der Waals surface area contributed by atoms with Crippen LogP contribution in [-0.4, -0.2) is 33.2 Å². The Bertz CT molecular complexity index is 1050. The normalized spacial score (nSPS) is 10.3. The Hall–Kier alpha value is -3.51. The summed E-state index contributed by atoms with van der Waals surface area (Å²) >= 11 is 1.31. The molecule has 1 N–H and O–H groups in total. The maximum atomic E-state index is 12.5. The summed E-state index contributed by atoms with van der Waals surface area (Å²) in [7, 11) is 0. The highest BCUT2D eigenvalue weighted by molar-refractivity contribution is 7.20. The summed E-state index contributed by atoms with van der Waals surface area (Å²) < 4.78 is 6.43. The molecule has 0 saturated carbocycles. The molecular formula is C19H17N5O3S. The molecule has 1 amide bonds. The first-order valence-electron chi connectivity index (χ1n) is 8.48. The molecular weight excluding hydrogens is 378 g/mol. The molecule has 0 bridgehead atoms. The minimum atomic E-state index is -0.485. The molecule has 9 heteroatoms. The lowest BCUT2D eigenvalue weighted by atomic mass is 10.1. The van der Waals surface area contributed by atoms with E-state index in [4.69, 9.17) is 10.00 Å². The van der Waals surface area contributed by atoms with E-state index in [2.05, 4.69) is 15.4 Å². The number of hydrogen-bond acceptors (Lipinski definition) is 7. The average molecular weight is 395 g/mol. The number of carbonyl (C=O) groups excluding carboxylic acids is 2. The third-order valence-electron chi connectivity index (χ3n) is 3.86. The summed E-state index contributed by atoms with van der Waals surface area (Å²) in [6.45, 7) is 3.66. The van der Waals surface area contributed by atoms with Crippen LogP contribution < -0.4 is 5.32 Å². The van der Waals surface area contributed by atoms with Gasteiger partial charge in [-0.2, -0.15) is 5.26 Å². The van der Waals surface area contributed by atoms with E-state index in [1.807, 2.05) is 37.3 Å². The van der Waals surface area contributed by atoms with Crippen LogP contribution in [-0.2, 0) is 16.1 Å². The predicted molar refractivity (Wildman–Crippen MR) is 104 cm³/mol. The maximum Gasteiger partial charge on any atom is 0.341 e. The van der Waals surface area contributed by atoms with Gasteiger partial charge in [-0.15, -0.1) is 16.4 Å². The van der Waals surface area contributed by atoms with Crippen LogP contribution in [0.4, 0.5) is 5.00 Å². The van der Waals surface area contributed by atoms with Gasteiger partial charge in [-0.05, 0) is 25.0 Å². The Morgan fingerprint density at radius 1 is 1.32 bits per heavy atom. The van der Waals surface area contributed by atoms with Crippen molar-refractivity contribution in [2.45, 2.75) is 20.4 Å². The number of amides is 1. The molecule has 0 atom stereocenters. The fraction of sp³-hybridized carbons (Fsp3) is 0.211. The zero-order chi connectivity index (χ0) is 20.1. The van der Waals surface area contributed by atoms with Crippen molar-refractivity contribution in [3.63, 3.8) is 0 Å². The highest BCUT2D eigenvalue weighted by Gasteiger charge is 2.24. The van der Waals surface area contributed by atoms with Gasteiger partial charge in [0.1, 0.15) is 23.9 Å². The fourth-order valence-corrected chi connectivity index (χ4v) is 3.87. The first-order chi connectivity index (χ1) is 13.5. The Kier molecular flexibility index (Phi) is 5.81. The molecule has 0 radical (unpaired) electrons. The van der Waals surface area contributed by atoms with Gasteiger partial charge in [0, 0.05) is 4.88 Å². The van der Waals surface area contributed by atoms with E-state index in [0.29, 0.717) is 10.6 Å². The lowest BCUT2D eigenvalue weighted by Crippen LogP contribution is -2.20. The molecule has 0 aliphatic carbocycles. The van der Waals surface area contributed by atoms with Gasteiger partial charge < -0.3 is 10.1 Å². The molecule has 0 aliphatic rings. The first kappa shape index (κ1) is 19.3. The minimum Gasteiger partial charge on any atom is -0.462 e. The fourth-order valence-electron chi connectivity index (χ4n) is 2.65. The highest BCUT2D eigenvalue weighted by Crippen LogP contribution is 2.40. The van der Waals surface area contributed by atoms with Gasteiger partial charge in [0.05, 0.1) is 12.2 Å². The van der Waals surface area contributed by atoms with Gasteiger partial charge >= 0.3 is 5.97 Å². The van der Waals surface area contributed by atoms with E-state index < -0.39 is 5.97 Å². The summed E-state index contributed by atoms with van der Waals surface area (Å²) in [6, 6.07) is 11.4. The number of aromatic nitrogens is 3. The monoisotopic (exact) mass is 395 g/mol. The number of esters is 1. The van der Waals surface area contributed by atoms with Crippen LogP contribution in [0.3, 0.4) is 0 Å². The number of hydrogen-bond donors (Lipinski definition) is 1. The second-order valence-corrected chi connectivity index (χ2v) is 6.79. The van der Waals surface area contributed by atoms with Crippen LogP contribution in [0.5, 0.6) is 0 Å². The van der Waals surface area contributed by atoms with Crippen LogP contribution >= 0.6 is 11.3 Å². The maximum absolute atomic E-state index is 12.5. The van der Waals surface area contributed by atoms with Crippen molar-refractivity contribution in [3.8, 4) is 16.5 Å². The third-order valence-corrected chi connectivity index (χ3v) is 5.11. The molecule has 0 saturated heterocycles. The molecule has 2 heterocycles. The number of nitriles is 1. The Morgan fingerprint density at radius 2 is 2.07 bits per heavy atom. The molecule has 3 aromatic rings. The number of nitrogens with one attached hydrogen (secondary N) is 1. The SMILES string of the molecule is CCOC(=O)c1c(NC(=O)Cn2cnc(C#N)n2)sc(-c2ccccc2)c1C. The van der Waals surface area contributed by atoms with Crippen molar-refractivity contribution >= 4 is 28.2 Å². The van der Waals surface area contributed by atoms with Crippen molar-refractivity contribution in [1.29, 1.82) is 5.26 Å². The number of ether oxygens (including phenoxy) is 1. The number of nitrogens with zero attached hydrogens (tertiary/aromatic N) is 4. The van der Waals surface area contributed by atoms with E-state index in [1.165, 1.54) is 22.3 Å². The largest absolute Gasteiger partial charge is 0.462 e. The third kappa shape index (κ3) is 4.07. The Balaban J connectivity index is 1.91. The molecule has 1 aromatic carbocycles. The second-order valence-electron chi connectivity index (χ2n) is 5.77. The van der Waals surface area contributed by atoms with Crippen LogP contribution in [0.1, 0.15) is 28.7 Å².